The number of carbonyl (C=O) groups excluding carboxylic acids is 1. The van der Waals surface area contributed by atoms with Crippen LogP contribution in [0.3, 0.4) is 0 Å². The van der Waals surface area contributed by atoms with Crippen molar-refractivity contribution in [3.05, 3.63) is 0 Å². The zero-order valence-corrected chi connectivity index (χ0v) is 18.5. The van der Waals surface area contributed by atoms with Crippen molar-refractivity contribution in [3.8, 4) is 0 Å². The maximum absolute atomic E-state index is 11.7. The van der Waals surface area contributed by atoms with E-state index in [1.54, 1.807) is 0 Å². The molecule has 2 nitrogen and oxygen atoms in total. The predicted molar refractivity (Wildman–Crippen MR) is 115 cm³/mol. The van der Waals surface area contributed by atoms with E-state index in [1.165, 1.54) is 83.5 Å². The minimum Gasteiger partial charge on any atom is -0.463 e. The summed E-state index contributed by atoms with van der Waals surface area (Å²) >= 11 is 0. The molecule has 0 aromatic rings. The van der Waals surface area contributed by atoms with Crippen LogP contribution < -0.4 is 0 Å². The molecule has 0 aliphatic rings. The first kappa shape index (κ1) is 25.5. The number of carbonyl (C=O) groups is 1. The van der Waals surface area contributed by atoms with E-state index in [1.807, 2.05) is 6.92 Å². The molecule has 0 fully saturated rings. The van der Waals surface area contributed by atoms with Crippen molar-refractivity contribution in [2.24, 2.45) is 5.92 Å². The van der Waals surface area contributed by atoms with Crippen molar-refractivity contribution >= 4 is 5.97 Å². The van der Waals surface area contributed by atoms with Gasteiger partial charge in [0.1, 0.15) is 0 Å². The second kappa shape index (κ2) is 19.2. The molecule has 0 aliphatic heterocycles. The Hall–Kier alpha value is -0.530. The summed E-state index contributed by atoms with van der Waals surface area (Å²) in [5, 5.41) is 0. The summed E-state index contributed by atoms with van der Waals surface area (Å²) < 4.78 is 5.43. The topological polar surface area (TPSA) is 26.3 Å². The molecule has 0 aromatic heterocycles. The molecule has 26 heavy (non-hydrogen) atoms. The van der Waals surface area contributed by atoms with Crippen LogP contribution in [0.4, 0.5) is 0 Å². The van der Waals surface area contributed by atoms with E-state index in [0.717, 1.165) is 25.2 Å². The average Bonchev–Trinajstić information content (AvgIpc) is 2.59. The maximum atomic E-state index is 11.7. The molecular weight excluding hydrogens is 320 g/mol. The molecule has 0 radical (unpaired) electrons. The van der Waals surface area contributed by atoms with Gasteiger partial charge in [-0.1, -0.05) is 111 Å². The molecule has 0 rings (SSSR count). The van der Waals surface area contributed by atoms with Crippen molar-refractivity contribution in [1.29, 1.82) is 0 Å². The van der Waals surface area contributed by atoms with Crippen molar-refractivity contribution in [2.45, 2.75) is 143 Å². The molecular formula is C24H48O2. The predicted octanol–water partition coefficient (Wildman–Crippen LogP) is 8.23. The fraction of sp³-hybridized carbons (Fsp3) is 0.958. The molecule has 156 valence electrons. The summed E-state index contributed by atoms with van der Waals surface area (Å²) in [7, 11) is 0. The van der Waals surface area contributed by atoms with Crippen molar-refractivity contribution in [3.63, 3.8) is 0 Å². The molecule has 2 heteroatoms. The smallest absolute Gasteiger partial charge is 0.306 e. The van der Waals surface area contributed by atoms with Crippen LogP contribution in [0.25, 0.3) is 0 Å². The summed E-state index contributed by atoms with van der Waals surface area (Å²) in [6, 6.07) is 0. The highest BCUT2D eigenvalue weighted by Crippen LogP contribution is 2.14. The van der Waals surface area contributed by atoms with E-state index in [0.29, 0.717) is 6.42 Å². The van der Waals surface area contributed by atoms with E-state index >= 15 is 0 Å². The molecule has 0 saturated carbocycles. The highest BCUT2D eigenvalue weighted by molar-refractivity contribution is 5.69. The number of rotatable bonds is 19. The Morgan fingerprint density at radius 3 is 1.58 bits per heavy atom. The second-order valence-electron chi connectivity index (χ2n) is 8.62. The third-order valence-corrected chi connectivity index (χ3v) is 5.21. The summed E-state index contributed by atoms with van der Waals surface area (Å²) in [4.78, 5) is 11.7. The van der Waals surface area contributed by atoms with Gasteiger partial charge in [0.15, 0.2) is 0 Å². The lowest BCUT2D eigenvalue weighted by Gasteiger charge is -2.12. The Morgan fingerprint density at radius 1 is 0.654 bits per heavy atom. The van der Waals surface area contributed by atoms with Crippen molar-refractivity contribution in [2.75, 3.05) is 0 Å². The number of unbranched alkanes of at least 4 members (excludes halogenated alkanes) is 12. The maximum Gasteiger partial charge on any atom is 0.306 e. The normalized spacial score (nSPS) is 12.5. The summed E-state index contributed by atoms with van der Waals surface area (Å²) in [6.45, 7) is 8.82. The quantitative estimate of drug-likeness (QED) is 0.169. The molecule has 0 heterocycles. The van der Waals surface area contributed by atoms with Gasteiger partial charge in [-0.2, -0.15) is 0 Å². The van der Waals surface area contributed by atoms with Crippen molar-refractivity contribution < 1.29 is 9.53 Å². The highest BCUT2D eigenvalue weighted by Gasteiger charge is 2.08. The summed E-state index contributed by atoms with van der Waals surface area (Å²) in [5.41, 5.74) is 0. The van der Waals surface area contributed by atoms with E-state index < -0.39 is 0 Å². The number of esters is 1. The van der Waals surface area contributed by atoms with Crippen LogP contribution >= 0.6 is 0 Å². The molecule has 0 spiro atoms. The lowest BCUT2D eigenvalue weighted by Crippen LogP contribution is -2.14. The third-order valence-electron chi connectivity index (χ3n) is 5.21. The monoisotopic (exact) mass is 368 g/mol. The molecule has 0 aliphatic carbocycles. The van der Waals surface area contributed by atoms with Gasteiger partial charge in [-0.05, 0) is 25.7 Å². The first-order valence-electron chi connectivity index (χ1n) is 11.8. The van der Waals surface area contributed by atoms with Crippen molar-refractivity contribution in [1.82, 2.24) is 0 Å². The Kier molecular flexibility index (Phi) is 18.8. The van der Waals surface area contributed by atoms with Crippen LogP contribution in [-0.2, 0) is 9.53 Å². The Morgan fingerprint density at radius 2 is 1.12 bits per heavy atom. The lowest BCUT2D eigenvalue weighted by atomic mass is 10.0. The molecule has 0 amide bonds. The molecule has 1 atom stereocenters. The third kappa shape index (κ3) is 19.8. The lowest BCUT2D eigenvalue weighted by molar-refractivity contribution is -0.148. The van der Waals surface area contributed by atoms with E-state index in [9.17, 15) is 4.79 Å². The fourth-order valence-corrected chi connectivity index (χ4v) is 3.42. The minimum atomic E-state index is 0.00185. The van der Waals surface area contributed by atoms with Crippen LogP contribution in [-0.4, -0.2) is 12.1 Å². The molecule has 0 saturated heterocycles. The minimum absolute atomic E-state index is 0.00185. The van der Waals surface area contributed by atoms with Gasteiger partial charge in [0.25, 0.3) is 0 Å². The van der Waals surface area contributed by atoms with Gasteiger partial charge in [0.2, 0.25) is 0 Å². The van der Waals surface area contributed by atoms with Gasteiger partial charge in [-0.25, -0.2) is 0 Å². The van der Waals surface area contributed by atoms with Crippen LogP contribution in [0.1, 0.15) is 137 Å². The van der Waals surface area contributed by atoms with Crippen LogP contribution in [0.2, 0.25) is 0 Å². The molecule has 0 bridgehead atoms. The standard InChI is InChI=1S/C24H48O2/c1-5-6-20-23(4)26-24(25)21-18-16-14-12-10-8-7-9-11-13-15-17-19-22(2)3/h22-23H,5-21H2,1-4H3. The van der Waals surface area contributed by atoms with E-state index in [-0.39, 0.29) is 12.1 Å². The van der Waals surface area contributed by atoms with Gasteiger partial charge in [0, 0.05) is 6.42 Å². The zero-order valence-electron chi connectivity index (χ0n) is 18.5. The Bertz CT molecular complexity index is 299. The number of hydrogen-bond acceptors (Lipinski definition) is 2. The first-order chi connectivity index (χ1) is 12.6. The Labute approximate surface area is 164 Å². The Balaban J connectivity index is 3.20. The van der Waals surface area contributed by atoms with E-state index in [2.05, 4.69) is 20.8 Å². The second-order valence-corrected chi connectivity index (χ2v) is 8.62. The number of ether oxygens (including phenoxy) is 1. The van der Waals surface area contributed by atoms with Crippen LogP contribution in [0.15, 0.2) is 0 Å². The highest BCUT2D eigenvalue weighted by atomic mass is 16.5. The molecule has 0 N–H and O–H groups in total. The summed E-state index contributed by atoms with van der Waals surface area (Å²) in [6.07, 6.45) is 21.5. The SMILES string of the molecule is CCCCC(C)OC(=O)CCCCCCCCCCCCCCC(C)C. The first-order valence-corrected chi connectivity index (χ1v) is 11.8. The van der Waals surface area contributed by atoms with E-state index in [4.69, 9.17) is 4.74 Å². The number of hydrogen-bond donors (Lipinski definition) is 0. The summed E-state index contributed by atoms with van der Waals surface area (Å²) in [5.74, 6) is 0.872. The zero-order chi connectivity index (χ0) is 19.5. The van der Waals surface area contributed by atoms with Gasteiger partial charge < -0.3 is 4.74 Å². The van der Waals surface area contributed by atoms with Gasteiger partial charge >= 0.3 is 5.97 Å². The van der Waals surface area contributed by atoms with Gasteiger partial charge in [-0.15, -0.1) is 0 Å². The largest absolute Gasteiger partial charge is 0.463 e. The van der Waals surface area contributed by atoms with Gasteiger partial charge in [0.05, 0.1) is 6.10 Å². The molecule has 0 aromatic carbocycles. The average molecular weight is 369 g/mol. The van der Waals surface area contributed by atoms with Gasteiger partial charge in [-0.3, -0.25) is 4.79 Å². The van der Waals surface area contributed by atoms with Crippen LogP contribution in [0, 0.1) is 5.92 Å². The van der Waals surface area contributed by atoms with Crippen LogP contribution in [0.5, 0.6) is 0 Å². The fourth-order valence-electron chi connectivity index (χ4n) is 3.42. The molecule has 1 unspecified atom stereocenters.